The van der Waals surface area contributed by atoms with Gasteiger partial charge in [-0.1, -0.05) is 24.2 Å². The number of sulfonamides is 1. The van der Waals surface area contributed by atoms with Gasteiger partial charge in [-0.15, -0.1) is 0 Å². The Labute approximate surface area is 123 Å². The highest BCUT2D eigenvalue weighted by Gasteiger charge is 2.28. The Morgan fingerprint density at radius 3 is 2.50 bits per heavy atom. The maximum Gasteiger partial charge on any atom is 0.243 e. The first-order chi connectivity index (χ1) is 9.39. The molecule has 0 amide bonds. The lowest BCUT2D eigenvalue weighted by Gasteiger charge is -2.33. The summed E-state index contributed by atoms with van der Waals surface area (Å²) in [6, 6.07) is 5.08. The first-order valence-electron chi connectivity index (χ1n) is 6.21. The van der Waals surface area contributed by atoms with E-state index in [1.807, 2.05) is 4.90 Å². The second-order valence-corrected chi connectivity index (χ2v) is 7.13. The molecule has 1 aliphatic rings. The van der Waals surface area contributed by atoms with E-state index >= 15 is 0 Å². The molecule has 0 aliphatic carbocycles. The molecule has 0 radical (unpaired) electrons. The van der Waals surface area contributed by atoms with Crippen molar-refractivity contribution in [3.63, 3.8) is 0 Å². The van der Waals surface area contributed by atoms with Gasteiger partial charge in [-0.05, 0) is 18.2 Å². The summed E-state index contributed by atoms with van der Waals surface area (Å²) in [5, 5.41) is 0.534. The molecule has 0 bridgehead atoms. The van der Waals surface area contributed by atoms with Gasteiger partial charge in [0.25, 0.3) is 0 Å². The third kappa shape index (κ3) is 3.58. The molecule has 7 heteroatoms. The first-order valence-corrected chi connectivity index (χ1v) is 8.03. The monoisotopic (exact) mass is 318 g/mol. The quantitative estimate of drug-likeness (QED) is 0.851. The van der Waals surface area contributed by atoms with E-state index < -0.39 is 15.8 Å². The minimum Gasteiger partial charge on any atom is -0.296 e. The number of hydrogen-bond acceptors (Lipinski definition) is 3. The van der Waals surface area contributed by atoms with Gasteiger partial charge in [0.05, 0.1) is 4.90 Å². The Hall–Kier alpha value is -0.950. The molecule has 20 heavy (non-hydrogen) atoms. The number of hydrogen-bond donors (Lipinski definition) is 0. The van der Waals surface area contributed by atoms with Crippen LogP contribution < -0.4 is 0 Å². The maximum absolute atomic E-state index is 13.2. The summed E-state index contributed by atoms with van der Waals surface area (Å²) in [5.41, 5.74) is 0. The van der Waals surface area contributed by atoms with Crippen LogP contribution in [0.4, 0.5) is 4.39 Å². The van der Waals surface area contributed by atoms with Crippen molar-refractivity contribution in [2.45, 2.75) is 4.90 Å². The SMILES string of the molecule is C=C(Cl)CN1CCN(S(=O)(=O)c2cccc(F)c2)CC1. The van der Waals surface area contributed by atoms with E-state index in [2.05, 4.69) is 6.58 Å². The van der Waals surface area contributed by atoms with Gasteiger partial charge in [-0.25, -0.2) is 12.8 Å². The highest BCUT2D eigenvalue weighted by atomic mass is 35.5. The molecule has 1 aliphatic heterocycles. The van der Waals surface area contributed by atoms with E-state index in [9.17, 15) is 12.8 Å². The van der Waals surface area contributed by atoms with Gasteiger partial charge in [-0.3, -0.25) is 4.90 Å². The number of nitrogens with zero attached hydrogens (tertiary/aromatic N) is 2. The number of halogens is 2. The van der Waals surface area contributed by atoms with Crippen LogP contribution in [0.2, 0.25) is 0 Å². The van der Waals surface area contributed by atoms with Crippen LogP contribution in [0.5, 0.6) is 0 Å². The van der Waals surface area contributed by atoms with Crippen molar-refractivity contribution >= 4 is 21.6 Å². The molecular weight excluding hydrogens is 303 g/mol. The molecule has 2 rings (SSSR count). The largest absolute Gasteiger partial charge is 0.296 e. The van der Waals surface area contributed by atoms with Crippen molar-refractivity contribution in [1.82, 2.24) is 9.21 Å². The Morgan fingerprint density at radius 2 is 1.95 bits per heavy atom. The summed E-state index contributed by atoms with van der Waals surface area (Å²) >= 11 is 5.74. The average molecular weight is 319 g/mol. The molecule has 0 atom stereocenters. The van der Waals surface area contributed by atoms with Crippen molar-refractivity contribution in [2.24, 2.45) is 0 Å². The van der Waals surface area contributed by atoms with Gasteiger partial charge in [0, 0.05) is 37.8 Å². The molecule has 1 aromatic rings. The van der Waals surface area contributed by atoms with E-state index in [1.54, 1.807) is 0 Å². The molecule has 0 N–H and O–H groups in total. The zero-order valence-corrected chi connectivity index (χ0v) is 12.5. The summed E-state index contributed by atoms with van der Waals surface area (Å²) in [4.78, 5) is 2.03. The van der Waals surface area contributed by atoms with Crippen LogP contribution in [-0.4, -0.2) is 50.3 Å². The second-order valence-electron chi connectivity index (χ2n) is 4.65. The summed E-state index contributed by atoms with van der Waals surface area (Å²) in [5.74, 6) is -0.553. The fourth-order valence-corrected chi connectivity index (χ4v) is 3.77. The van der Waals surface area contributed by atoms with Crippen molar-refractivity contribution in [1.29, 1.82) is 0 Å². The summed E-state index contributed by atoms with van der Waals surface area (Å²) in [7, 11) is -3.63. The van der Waals surface area contributed by atoms with E-state index in [-0.39, 0.29) is 4.90 Å². The van der Waals surface area contributed by atoms with Crippen molar-refractivity contribution in [3.05, 3.63) is 41.7 Å². The second kappa shape index (κ2) is 6.22. The highest BCUT2D eigenvalue weighted by Crippen LogP contribution is 2.18. The van der Waals surface area contributed by atoms with E-state index in [0.717, 1.165) is 6.07 Å². The summed E-state index contributed by atoms with van der Waals surface area (Å²) < 4.78 is 39.3. The number of benzene rings is 1. The first kappa shape index (κ1) is 15.4. The third-order valence-electron chi connectivity index (χ3n) is 3.16. The molecule has 0 aromatic heterocycles. The van der Waals surface area contributed by atoms with Crippen LogP contribution in [0.15, 0.2) is 40.8 Å². The van der Waals surface area contributed by atoms with Gasteiger partial charge in [0.2, 0.25) is 10.0 Å². The van der Waals surface area contributed by atoms with Crippen LogP contribution in [0.1, 0.15) is 0 Å². The average Bonchev–Trinajstić information content (AvgIpc) is 2.38. The molecule has 4 nitrogen and oxygen atoms in total. The third-order valence-corrected chi connectivity index (χ3v) is 5.17. The van der Waals surface area contributed by atoms with Crippen LogP contribution in [0, 0.1) is 5.82 Å². The lowest BCUT2D eigenvalue weighted by molar-refractivity contribution is 0.203. The van der Waals surface area contributed by atoms with E-state index in [1.165, 1.54) is 22.5 Å². The van der Waals surface area contributed by atoms with Crippen LogP contribution in [0.3, 0.4) is 0 Å². The van der Waals surface area contributed by atoms with Gasteiger partial charge in [-0.2, -0.15) is 4.31 Å². The van der Waals surface area contributed by atoms with Crippen LogP contribution in [-0.2, 0) is 10.0 Å². The molecule has 1 saturated heterocycles. The summed E-state index contributed by atoms with van der Waals surface area (Å²) in [6.07, 6.45) is 0. The van der Waals surface area contributed by atoms with Crippen LogP contribution in [0.25, 0.3) is 0 Å². The fraction of sp³-hybridized carbons (Fsp3) is 0.385. The Kier molecular flexibility index (Phi) is 4.80. The molecule has 0 spiro atoms. The maximum atomic E-state index is 13.2. The predicted octanol–water partition coefficient (Wildman–Crippen LogP) is 1.88. The van der Waals surface area contributed by atoms with Crippen molar-refractivity contribution in [3.8, 4) is 0 Å². The van der Waals surface area contributed by atoms with E-state index in [4.69, 9.17) is 11.6 Å². The minimum absolute atomic E-state index is 0.00676. The predicted molar refractivity (Wildman–Crippen MR) is 76.6 cm³/mol. The molecule has 1 fully saturated rings. The molecule has 0 unspecified atom stereocenters. The fourth-order valence-electron chi connectivity index (χ4n) is 2.15. The highest BCUT2D eigenvalue weighted by molar-refractivity contribution is 7.89. The van der Waals surface area contributed by atoms with Gasteiger partial charge in [0.1, 0.15) is 5.82 Å². The van der Waals surface area contributed by atoms with Crippen LogP contribution >= 0.6 is 11.6 Å². The Balaban J connectivity index is 2.08. The molecule has 1 heterocycles. The zero-order valence-electron chi connectivity index (χ0n) is 10.9. The zero-order chi connectivity index (χ0) is 14.8. The van der Waals surface area contributed by atoms with Crippen molar-refractivity contribution in [2.75, 3.05) is 32.7 Å². The Morgan fingerprint density at radius 1 is 1.30 bits per heavy atom. The van der Waals surface area contributed by atoms with E-state index in [0.29, 0.717) is 37.8 Å². The molecule has 110 valence electrons. The molecule has 0 saturated carbocycles. The standard InChI is InChI=1S/C13H16ClFN2O2S/c1-11(14)10-16-5-7-17(8-6-16)20(18,19)13-4-2-3-12(15)9-13/h2-4,9H,1,5-8,10H2. The minimum atomic E-state index is -3.63. The van der Waals surface area contributed by atoms with Gasteiger partial charge in [0.15, 0.2) is 0 Å². The lowest BCUT2D eigenvalue weighted by Crippen LogP contribution is -2.48. The lowest BCUT2D eigenvalue weighted by atomic mass is 10.3. The van der Waals surface area contributed by atoms with Gasteiger partial charge >= 0.3 is 0 Å². The molecular formula is C13H16ClFN2O2S. The number of piperazine rings is 1. The summed E-state index contributed by atoms with van der Waals surface area (Å²) in [6.45, 7) is 6.07. The Bertz CT molecular complexity index is 598. The van der Waals surface area contributed by atoms with Crippen molar-refractivity contribution < 1.29 is 12.8 Å². The number of rotatable bonds is 4. The normalized spacial score (nSPS) is 18.1. The van der Waals surface area contributed by atoms with Gasteiger partial charge < -0.3 is 0 Å². The molecule has 1 aromatic carbocycles. The topological polar surface area (TPSA) is 40.6 Å². The smallest absolute Gasteiger partial charge is 0.243 e.